The number of hydrogen-bond donors (Lipinski definition) is 0. The van der Waals surface area contributed by atoms with Crippen LogP contribution in [0, 0.1) is 5.41 Å². The number of carbonyl (C=O) groups excluding carboxylic acids is 3. The Balaban J connectivity index is 1.47. The molecule has 0 saturated heterocycles. The van der Waals surface area contributed by atoms with Gasteiger partial charge in [0.2, 0.25) is 0 Å². The number of imide groups is 1. The van der Waals surface area contributed by atoms with Crippen LogP contribution in [0.3, 0.4) is 0 Å². The maximum atomic E-state index is 13.6. The van der Waals surface area contributed by atoms with Crippen molar-refractivity contribution >= 4 is 17.8 Å². The van der Waals surface area contributed by atoms with Gasteiger partial charge in [-0.25, -0.2) is 4.79 Å². The summed E-state index contributed by atoms with van der Waals surface area (Å²) < 4.78 is 0. The molecule has 0 aromatic heterocycles. The summed E-state index contributed by atoms with van der Waals surface area (Å²) in [5, 5.41) is 0.625. The molecule has 5 nitrogen and oxygen atoms in total. The fourth-order valence-electron chi connectivity index (χ4n) is 4.61. The minimum atomic E-state index is -0.856. The van der Waals surface area contributed by atoms with Crippen LogP contribution in [0.2, 0.25) is 0 Å². The minimum Gasteiger partial charge on any atom is -0.329 e. The molecule has 31 heavy (non-hydrogen) atoms. The number of rotatable bonds is 4. The van der Waals surface area contributed by atoms with E-state index in [0.29, 0.717) is 24.3 Å². The summed E-state index contributed by atoms with van der Waals surface area (Å²) in [4.78, 5) is 44.5. The molecule has 5 heteroatoms. The predicted molar refractivity (Wildman–Crippen MR) is 114 cm³/mol. The maximum absolute atomic E-state index is 13.6. The summed E-state index contributed by atoms with van der Waals surface area (Å²) >= 11 is 0. The van der Waals surface area contributed by atoms with Crippen molar-refractivity contribution in [2.75, 3.05) is 0 Å². The van der Waals surface area contributed by atoms with Crippen molar-refractivity contribution in [1.82, 2.24) is 5.06 Å². The first kappa shape index (κ1) is 19.2. The number of amides is 2. The zero-order chi connectivity index (χ0) is 21.4. The Morgan fingerprint density at radius 3 is 2.06 bits per heavy atom. The number of fused-ring (bicyclic) bond motifs is 2. The highest BCUT2D eigenvalue weighted by Gasteiger charge is 2.47. The van der Waals surface area contributed by atoms with Crippen molar-refractivity contribution in [2.24, 2.45) is 5.41 Å². The van der Waals surface area contributed by atoms with Gasteiger partial charge < -0.3 is 4.84 Å². The van der Waals surface area contributed by atoms with Crippen LogP contribution in [0.1, 0.15) is 43.8 Å². The molecular formula is C26H21NO4. The molecule has 2 amide bonds. The van der Waals surface area contributed by atoms with E-state index in [4.69, 9.17) is 4.84 Å². The first-order valence-corrected chi connectivity index (χ1v) is 10.4. The third-order valence-electron chi connectivity index (χ3n) is 6.27. The number of aryl methyl sites for hydroxylation is 1. The summed E-state index contributed by atoms with van der Waals surface area (Å²) in [6.45, 7) is 0. The molecule has 2 aliphatic rings. The third-order valence-corrected chi connectivity index (χ3v) is 6.27. The highest BCUT2D eigenvalue weighted by Crippen LogP contribution is 2.40. The molecule has 1 atom stereocenters. The number of hydroxylamine groups is 2. The van der Waals surface area contributed by atoms with E-state index >= 15 is 0 Å². The SMILES string of the molecule is O=C1c2ccccc2C(=O)N1OC(=O)C1(Cc2ccccc2)CCc2ccccc2C1. The molecule has 0 bridgehead atoms. The first-order valence-electron chi connectivity index (χ1n) is 10.4. The fraction of sp³-hybridized carbons (Fsp3) is 0.192. The summed E-state index contributed by atoms with van der Waals surface area (Å²) in [7, 11) is 0. The summed E-state index contributed by atoms with van der Waals surface area (Å²) in [6.07, 6.45) is 2.30. The second-order valence-electron chi connectivity index (χ2n) is 8.22. The van der Waals surface area contributed by atoms with Gasteiger partial charge in [-0.05, 0) is 54.5 Å². The highest BCUT2D eigenvalue weighted by molar-refractivity contribution is 6.20. The van der Waals surface area contributed by atoms with Crippen molar-refractivity contribution in [1.29, 1.82) is 0 Å². The van der Waals surface area contributed by atoms with Crippen LogP contribution < -0.4 is 0 Å². The zero-order valence-electron chi connectivity index (χ0n) is 16.9. The van der Waals surface area contributed by atoms with Gasteiger partial charge in [0.25, 0.3) is 11.8 Å². The minimum absolute atomic E-state index is 0.256. The van der Waals surface area contributed by atoms with E-state index in [-0.39, 0.29) is 11.1 Å². The van der Waals surface area contributed by atoms with Crippen molar-refractivity contribution in [3.8, 4) is 0 Å². The molecule has 0 fully saturated rings. The Kier molecular flexibility index (Phi) is 4.66. The van der Waals surface area contributed by atoms with Gasteiger partial charge in [0, 0.05) is 0 Å². The maximum Gasteiger partial charge on any atom is 0.339 e. The number of carbonyl (C=O) groups is 3. The Labute approximate surface area is 180 Å². The highest BCUT2D eigenvalue weighted by atomic mass is 16.7. The van der Waals surface area contributed by atoms with Gasteiger partial charge in [0.05, 0.1) is 16.5 Å². The van der Waals surface area contributed by atoms with Gasteiger partial charge in [0.1, 0.15) is 0 Å². The second-order valence-corrected chi connectivity index (χ2v) is 8.22. The van der Waals surface area contributed by atoms with E-state index in [9.17, 15) is 14.4 Å². The Hall–Kier alpha value is -3.73. The molecule has 3 aromatic carbocycles. The monoisotopic (exact) mass is 411 g/mol. The van der Waals surface area contributed by atoms with Gasteiger partial charge >= 0.3 is 5.97 Å². The van der Waals surface area contributed by atoms with Crippen LogP contribution >= 0.6 is 0 Å². The van der Waals surface area contributed by atoms with Crippen LogP contribution in [0.15, 0.2) is 78.9 Å². The lowest BCUT2D eigenvalue weighted by Gasteiger charge is -2.36. The third kappa shape index (κ3) is 3.32. The van der Waals surface area contributed by atoms with Crippen molar-refractivity contribution in [2.45, 2.75) is 25.7 Å². The van der Waals surface area contributed by atoms with E-state index in [2.05, 4.69) is 6.07 Å². The van der Waals surface area contributed by atoms with Crippen molar-refractivity contribution in [3.05, 3.63) is 107 Å². The summed E-state index contributed by atoms with van der Waals surface area (Å²) in [5.74, 6) is -1.74. The molecule has 0 spiro atoms. The lowest BCUT2D eigenvalue weighted by atomic mass is 9.68. The Bertz CT molecular complexity index is 1150. The molecule has 154 valence electrons. The average molecular weight is 411 g/mol. The Morgan fingerprint density at radius 1 is 0.806 bits per heavy atom. The van der Waals surface area contributed by atoms with Crippen LogP contribution in [0.4, 0.5) is 0 Å². The number of benzene rings is 3. The molecule has 3 aromatic rings. The van der Waals surface area contributed by atoms with Crippen LogP contribution in [-0.2, 0) is 28.9 Å². The van der Waals surface area contributed by atoms with E-state index < -0.39 is 23.2 Å². The summed E-state index contributed by atoms with van der Waals surface area (Å²) in [6, 6.07) is 24.4. The lowest BCUT2D eigenvalue weighted by molar-refractivity contribution is -0.182. The summed E-state index contributed by atoms with van der Waals surface area (Å²) in [5.41, 5.74) is 2.99. The molecule has 1 aliphatic carbocycles. The molecule has 5 rings (SSSR count). The second kappa shape index (κ2) is 7.51. The van der Waals surface area contributed by atoms with Crippen molar-refractivity contribution < 1.29 is 19.2 Å². The average Bonchev–Trinajstić information content (AvgIpc) is 3.04. The number of nitrogens with zero attached hydrogens (tertiary/aromatic N) is 1. The van der Waals surface area contributed by atoms with E-state index in [1.165, 1.54) is 5.56 Å². The number of hydrogen-bond acceptors (Lipinski definition) is 4. The predicted octanol–water partition coefficient (Wildman–Crippen LogP) is 4.16. The van der Waals surface area contributed by atoms with E-state index in [1.807, 2.05) is 48.5 Å². The first-order chi connectivity index (χ1) is 15.1. The van der Waals surface area contributed by atoms with Crippen LogP contribution in [0.5, 0.6) is 0 Å². The van der Waals surface area contributed by atoms with Gasteiger partial charge in [0.15, 0.2) is 0 Å². The molecule has 0 N–H and O–H groups in total. The van der Waals surface area contributed by atoms with Gasteiger partial charge in [-0.15, -0.1) is 0 Å². The van der Waals surface area contributed by atoms with Crippen LogP contribution in [-0.4, -0.2) is 22.8 Å². The standard InChI is InChI=1S/C26H21NO4/c28-23-21-12-6-7-13-22(21)24(29)27(23)31-25(30)26(16-18-8-2-1-3-9-18)15-14-19-10-4-5-11-20(19)17-26/h1-13H,14-17H2. The molecule has 0 radical (unpaired) electrons. The normalized spacial score (nSPS) is 19.7. The van der Waals surface area contributed by atoms with Gasteiger partial charge in [-0.1, -0.05) is 71.8 Å². The topological polar surface area (TPSA) is 63.7 Å². The van der Waals surface area contributed by atoms with Gasteiger partial charge in [-0.3, -0.25) is 9.59 Å². The fourth-order valence-corrected chi connectivity index (χ4v) is 4.61. The quantitative estimate of drug-likeness (QED) is 0.605. The zero-order valence-corrected chi connectivity index (χ0v) is 16.9. The molecule has 0 saturated carbocycles. The molecule has 1 unspecified atom stereocenters. The van der Waals surface area contributed by atoms with E-state index in [1.54, 1.807) is 24.3 Å². The Morgan fingerprint density at radius 2 is 1.39 bits per heavy atom. The molecular weight excluding hydrogens is 390 g/mol. The lowest BCUT2D eigenvalue weighted by Crippen LogP contribution is -2.45. The largest absolute Gasteiger partial charge is 0.339 e. The molecule has 1 aliphatic heterocycles. The molecule has 1 heterocycles. The van der Waals surface area contributed by atoms with Gasteiger partial charge in [-0.2, -0.15) is 0 Å². The van der Waals surface area contributed by atoms with Crippen molar-refractivity contribution in [3.63, 3.8) is 0 Å². The smallest absolute Gasteiger partial charge is 0.329 e. The van der Waals surface area contributed by atoms with E-state index in [0.717, 1.165) is 17.5 Å². The van der Waals surface area contributed by atoms with Crippen LogP contribution in [0.25, 0.3) is 0 Å².